The number of hydrogen-bond acceptors (Lipinski definition) is 8. The number of pyridine rings is 1. The molecule has 7 nitrogen and oxygen atoms in total. The summed E-state index contributed by atoms with van der Waals surface area (Å²) in [5, 5.41) is 3.64. The van der Waals surface area contributed by atoms with Gasteiger partial charge in [0.05, 0.1) is 39.6 Å². The van der Waals surface area contributed by atoms with Crippen LogP contribution in [0.4, 0.5) is 4.79 Å². The van der Waals surface area contributed by atoms with Crippen molar-refractivity contribution in [3.63, 3.8) is 0 Å². The summed E-state index contributed by atoms with van der Waals surface area (Å²) in [7, 11) is 3.37. The molecule has 1 N–H and O–H groups in total. The molecule has 0 atom stereocenters. The second kappa shape index (κ2) is 15.0. The average molecular weight is 419 g/mol. The summed E-state index contributed by atoms with van der Waals surface area (Å²) in [6.45, 7) is 9.06. The summed E-state index contributed by atoms with van der Waals surface area (Å²) < 4.78 is 21.4. The summed E-state index contributed by atoms with van der Waals surface area (Å²) in [6, 6.07) is 5.87. The van der Waals surface area contributed by atoms with Crippen molar-refractivity contribution in [2.75, 3.05) is 51.9 Å². The highest BCUT2D eigenvalue weighted by Crippen LogP contribution is 2.28. The topological polar surface area (TPSA) is 78.9 Å². The lowest BCUT2D eigenvalue weighted by molar-refractivity contribution is 0.0167. The van der Waals surface area contributed by atoms with Gasteiger partial charge in [0.25, 0.3) is 0 Å². The molecule has 0 aliphatic rings. The highest BCUT2D eigenvalue weighted by atomic mass is 33.1. The number of carbonyl (C=O) groups is 1. The molecule has 154 valence electrons. The number of ether oxygens (including phenoxy) is 4. The standard InChI is InChI=1S/C18H30N2O5S2/c1-18(2,3)25-17(21)20-8-9-22-10-11-23-12-13-24-14-15-26-27-16-6-4-5-7-19-16/h4-7H,8-15H2,1-3H3,(H,20,21). The minimum Gasteiger partial charge on any atom is -0.444 e. The molecule has 0 aromatic carbocycles. The van der Waals surface area contributed by atoms with Crippen molar-refractivity contribution in [2.24, 2.45) is 0 Å². The molecule has 1 aromatic rings. The first-order valence-corrected chi connectivity index (χ1v) is 11.2. The zero-order valence-electron chi connectivity index (χ0n) is 16.3. The Morgan fingerprint density at radius 3 is 2.33 bits per heavy atom. The van der Waals surface area contributed by atoms with Gasteiger partial charge in [-0.05, 0) is 43.7 Å². The maximum Gasteiger partial charge on any atom is 0.407 e. The monoisotopic (exact) mass is 418 g/mol. The maximum absolute atomic E-state index is 11.4. The molecule has 1 rings (SSSR count). The summed E-state index contributed by atoms with van der Waals surface area (Å²) in [4.78, 5) is 15.6. The first-order valence-electron chi connectivity index (χ1n) is 8.88. The fourth-order valence-electron chi connectivity index (χ4n) is 1.67. The van der Waals surface area contributed by atoms with Crippen molar-refractivity contribution < 1.29 is 23.7 Å². The Labute approximate surface area is 169 Å². The second-order valence-corrected chi connectivity index (χ2v) is 8.78. The third kappa shape index (κ3) is 15.7. The van der Waals surface area contributed by atoms with Crippen molar-refractivity contribution in [3.8, 4) is 0 Å². The van der Waals surface area contributed by atoms with E-state index in [1.807, 2.05) is 39.0 Å². The lowest BCUT2D eigenvalue weighted by Crippen LogP contribution is -2.34. The molecule has 0 bridgehead atoms. The van der Waals surface area contributed by atoms with E-state index in [1.165, 1.54) is 0 Å². The van der Waals surface area contributed by atoms with E-state index in [0.717, 1.165) is 10.8 Å². The van der Waals surface area contributed by atoms with Crippen molar-refractivity contribution in [3.05, 3.63) is 24.4 Å². The summed E-state index contributed by atoms with van der Waals surface area (Å²) in [6.07, 6.45) is 1.36. The van der Waals surface area contributed by atoms with Crippen LogP contribution in [0.1, 0.15) is 20.8 Å². The van der Waals surface area contributed by atoms with Gasteiger partial charge in [0, 0.05) is 18.5 Å². The minimum absolute atomic E-state index is 0.409. The number of nitrogens with one attached hydrogen (secondary N) is 1. The van der Waals surface area contributed by atoms with Gasteiger partial charge < -0.3 is 24.3 Å². The number of hydrogen-bond donors (Lipinski definition) is 1. The van der Waals surface area contributed by atoms with Crippen LogP contribution in [0.3, 0.4) is 0 Å². The van der Waals surface area contributed by atoms with Crippen LogP contribution in [0.25, 0.3) is 0 Å². The molecule has 0 spiro atoms. The van der Waals surface area contributed by atoms with Crippen LogP contribution in [0, 0.1) is 0 Å². The van der Waals surface area contributed by atoms with Gasteiger partial charge in [-0.25, -0.2) is 9.78 Å². The van der Waals surface area contributed by atoms with Crippen LogP contribution < -0.4 is 5.32 Å². The Bertz CT molecular complexity index is 500. The van der Waals surface area contributed by atoms with Gasteiger partial charge >= 0.3 is 6.09 Å². The normalized spacial score (nSPS) is 11.4. The van der Waals surface area contributed by atoms with Gasteiger partial charge in [0.15, 0.2) is 0 Å². The number of alkyl carbamates (subject to hydrolysis) is 1. The van der Waals surface area contributed by atoms with E-state index in [0.29, 0.717) is 46.2 Å². The van der Waals surface area contributed by atoms with Crippen LogP contribution in [-0.2, 0) is 18.9 Å². The van der Waals surface area contributed by atoms with E-state index < -0.39 is 11.7 Å². The van der Waals surface area contributed by atoms with Crippen LogP contribution >= 0.6 is 21.6 Å². The Morgan fingerprint density at radius 1 is 1.04 bits per heavy atom. The third-order valence-corrected chi connectivity index (χ3v) is 4.98. The van der Waals surface area contributed by atoms with Crippen molar-refractivity contribution in [1.82, 2.24) is 10.3 Å². The Morgan fingerprint density at radius 2 is 1.70 bits per heavy atom. The fourth-order valence-corrected chi connectivity index (χ4v) is 3.41. The predicted octanol–water partition coefficient (Wildman–Crippen LogP) is 3.40. The van der Waals surface area contributed by atoms with E-state index in [9.17, 15) is 4.79 Å². The van der Waals surface area contributed by atoms with Gasteiger partial charge in [0.1, 0.15) is 10.6 Å². The molecule has 0 unspecified atom stereocenters. The Hall–Kier alpha value is -1.00. The third-order valence-electron chi connectivity index (χ3n) is 2.75. The molecular weight excluding hydrogens is 388 g/mol. The smallest absolute Gasteiger partial charge is 0.407 e. The highest BCUT2D eigenvalue weighted by Gasteiger charge is 2.15. The van der Waals surface area contributed by atoms with Crippen LogP contribution in [0.5, 0.6) is 0 Å². The number of amides is 1. The lowest BCUT2D eigenvalue weighted by atomic mass is 10.2. The van der Waals surface area contributed by atoms with Crippen molar-refractivity contribution in [2.45, 2.75) is 31.4 Å². The molecule has 0 saturated heterocycles. The molecule has 1 heterocycles. The zero-order valence-corrected chi connectivity index (χ0v) is 17.9. The number of rotatable bonds is 14. The predicted molar refractivity (Wildman–Crippen MR) is 109 cm³/mol. The molecule has 1 aromatic heterocycles. The number of nitrogens with zero attached hydrogens (tertiary/aromatic N) is 1. The Balaban J connectivity index is 1.77. The SMILES string of the molecule is CC(C)(C)OC(=O)NCCOCCOCCOCCSSc1ccccn1. The van der Waals surface area contributed by atoms with Crippen molar-refractivity contribution in [1.29, 1.82) is 0 Å². The first-order chi connectivity index (χ1) is 13.0. The maximum atomic E-state index is 11.4. The molecule has 0 fully saturated rings. The highest BCUT2D eigenvalue weighted by molar-refractivity contribution is 8.76. The largest absolute Gasteiger partial charge is 0.444 e. The van der Waals surface area contributed by atoms with Gasteiger partial charge in [-0.2, -0.15) is 0 Å². The van der Waals surface area contributed by atoms with Crippen LogP contribution in [-0.4, -0.2) is 68.6 Å². The van der Waals surface area contributed by atoms with E-state index in [-0.39, 0.29) is 0 Å². The molecular formula is C18H30N2O5S2. The summed E-state index contributed by atoms with van der Waals surface area (Å²) in [5.74, 6) is 0.898. The van der Waals surface area contributed by atoms with E-state index in [4.69, 9.17) is 18.9 Å². The molecule has 0 radical (unpaired) electrons. The van der Waals surface area contributed by atoms with Crippen molar-refractivity contribution >= 4 is 27.7 Å². The van der Waals surface area contributed by atoms with E-state index in [2.05, 4.69) is 10.3 Å². The molecule has 9 heteroatoms. The Kier molecular flexibility index (Phi) is 13.3. The molecule has 1 amide bonds. The van der Waals surface area contributed by atoms with Gasteiger partial charge in [-0.15, -0.1) is 0 Å². The first kappa shape index (κ1) is 24.0. The molecule has 0 aliphatic carbocycles. The zero-order chi connectivity index (χ0) is 19.8. The van der Waals surface area contributed by atoms with Gasteiger partial charge in [-0.3, -0.25) is 0 Å². The number of aromatic nitrogens is 1. The second-order valence-electron chi connectivity index (χ2n) is 6.34. The molecule has 0 aliphatic heterocycles. The molecule has 0 saturated carbocycles. The summed E-state index contributed by atoms with van der Waals surface area (Å²) >= 11 is 0. The van der Waals surface area contributed by atoms with Gasteiger partial charge in [0.2, 0.25) is 0 Å². The lowest BCUT2D eigenvalue weighted by Gasteiger charge is -2.19. The quantitative estimate of drug-likeness (QED) is 0.364. The average Bonchev–Trinajstić information content (AvgIpc) is 2.61. The summed E-state index contributed by atoms with van der Waals surface area (Å²) in [5.41, 5.74) is -0.489. The van der Waals surface area contributed by atoms with Crippen LogP contribution in [0.15, 0.2) is 29.4 Å². The number of carbonyl (C=O) groups excluding carboxylic acids is 1. The van der Waals surface area contributed by atoms with Crippen LogP contribution in [0.2, 0.25) is 0 Å². The molecule has 27 heavy (non-hydrogen) atoms. The minimum atomic E-state index is -0.489. The fraction of sp³-hybridized carbons (Fsp3) is 0.667. The van der Waals surface area contributed by atoms with E-state index >= 15 is 0 Å². The van der Waals surface area contributed by atoms with Gasteiger partial charge in [-0.1, -0.05) is 16.9 Å². The van der Waals surface area contributed by atoms with E-state index in [1.54, 1.807) is 27.8 Å².